The molecule has 1 aromatic carbocycles. The molecule has 0 aliphatic carbocycles. The number of hydrogen-bond donors (Lipinski definition) is 2. The molecule has 0 unspecified atom stereocenters. The predicted octanol–water partition coefficient (Wildman–Crippen LogP) is 3.40. The van der Waals surface area contributed by atoms with Crippen molar-refractivity contribution in [3.05, 3.63) is 58.9 Å². The van der Waals surface area contributed by atoms with Crippen molar-refractivity contribution in [1.82, 2.24) is 15.6 Å². The number of nitrogens with zero attached hydrogens (tertiary/aromatic N) is 1. The SMILES string of the molecule is Cc1cc(C(=O)NCC2(C)CCNCC2)cc(C)c1OCc1cccnc1. The fraction of sp³-hybridized carbons (Fsp3) is 0.455. The summed E-state index contributed by atoms with van der Waals surface area (Å²) in [6.07, 6.45) is 5.73. The minimum atomic E-state index is -0.0141. The molecule has 5 heteroatoms. The highest BCUT2D eigenvalue weighted by atomic mass is 16.5. The Kier molecular flexibility index (Phi) is 6.11. The van der Waals surface area contributed by atoms with Crippen LogP contribution in [0.5, 0.6) is 5.75 Å². The molecule has 1 saturated heterocycles. The Balaban J connectivity index is 1.63. The number of rotatable bonds is 6. The topological polar surface area (TPSA) is 63.2 Å². The number of carbonyl (C=O) groups is 1. The van der Waals surface area contributed by atoms with Gasteiger partial charge in [0.15, 0.2) is 0 Å². The van der Waals surface area contributed by atoms with Gasteiger partial charge in [-0.15, -0.1) is 0 Å². The van der Waals surface area contributed by atoms with Crippen LogP contribution in [0.2, 0.25) is 0 Å². The first-order chi connectivity index (χ1) is 13.0. The highest BCUT2D eigenvalue weighted by Crippen LogP contribution is 2.28. The molecule has 2 N–H and O–H groups in total. The van der Waals surface area contributed by atoms with Crippen LogP contribution in [0.1, 0.15) is 46.8 Å². The fourth-order valence-corrected chi connectivity index (χ4v) is 3.55. The smallest absolute Gasteiger partial charge is 0.251 e. The molecular formula is C22H29N3O2. The molecule has 1 aromatic heterocycles. The molecule has 2 aromatic rings. The number of carbonyl (C=O) groups excluding carboxylic acids is 1. The second-order valence-electron chi connectivity index (χ2n) is 7.83. The van der Waals surface area contributed by atoms with Gasteiger partial charge in [-0.1, -0.05) is 13.0 Å². The monoisotopic (exact) mass is 367 g/mol. The Hall–Kier alpha value is -2.40. The summed E-state index contributed by atoms with van der Waals surface area (Å²) < 4.78 is 5.98. The van der Waals surface area contributed by atoms with Gasteiger partial charge in [0.1, 0.15) is 12.4 Å². The molecular weight excluding hydrogens is 338 g/mol. The average molecular weight is 367 g/mol. The third kappa shape index (κ3) is 5.07. The van der Waals surface area contributed by atoms with Crippen LogP contribution in [0.4, 0.5) is 0 Å². The van der Waals surface area contributed by atoms with E-state index < -0.39 is 0 Å². The van der Waals surface area contributed by atoms with Gasteiger partial charge < -0.3 is 15.4 Å². The standard InChI is InChI=1S/C22H29N3O2/c1-16-11-19(21(26)25-15-22(3)6-9-23-10-7-22)12-17(2)20(16)27-14-18-5-4-8-24-13-18/h4-5,8,11-13,23H,6-7,9-10,14-15H2,1-3H3,(H,25,26). The minimum absolute atomic E-state index is 0.0141. The number of hydrogen-bond acceptors (Lipinski definition) is 4. The van der Waals surface area contributed by atoms with E-state index in [-0.39, 0.29) is 11.3 Å². The van der Waals surface area contributed by atoms with Gasteiger partial charge >= 0.3 is 0 Å². The van der Waals surface area contributed by atoms with E-state index in [1.807, 2.05) is 38.1 Å². The second-order valence-corrected chi connectivity index (χ2v) is 7.83. The summed E-state index contributed by atoms with van der Waals surface area (Å²) in [6, 6.07) is 7.70. The molecule has 0 saturated carbocycles. The first kappa shape index (κ1) is 19.4. The van der Waals surface area contributed by atoms with Crippen LogP contribution >= 0.6 is 0 Å². The largest absolute Gasteiger partial charge is 0.488 e. The van der Waals surface area contributed by atoms with Crippen LogP contribution in [0.25, 0.3) is 0 Å². The summed E-state index contributed by atoms with van der Waals surface area (Å²) in [6.45, 7) is 9.44. The van der Waals surface area contributed by atoms with Crippen molar-refractivity contribution in [1.29, 1.82) is 0 Å². The van der Waals surface area contributed by atoms with Gasteiger partial charge in [0.2, 0.25) is 0 Å². The molecule has 0 bridgehead atoms. The normalized spacial score (nSPS) is 16.0. The summed E-state index contributed by atoms with van der Waals surface area (Å²) in [5.74, 6) is 0.820. The number of benzene rings is 1. The Bertz CT molecular complexity index is 760. The molecule has 144 valence electrons. The molecule has 3 rings (SSSR count). The first-order valence-corrected chi connectivity index (χ1v) is 9.59. The maximum Gasteiger partial charge on any atom is 0.251 e. The van der Waals surface area contributed by atoms with Crippen LogP contribution < -0.4 is 15.4 Å². The van der Waals surface area contributed by atoms with E-state index in [1.165, 1.54) is 0 Å². The molecule has 5 nitrogen and oxygen atoms in total. The Labute approximate surface area is 161 Å². The number of piperidine rings is 1. The lowest BCUT2D eigenvalue weighted by molar-refractivity contribution is 0.0922. The lowest BCUT2D eigenvalue weighted by Gasteiger charge is -2.34. The van der Waals surface area contributed by atoms with Gasteiger partial charge in [-0.25, -0.2) is 0 Å². The van der Waals surface area contributed by atoms with Crippen molar-refractivity contribution in [3.8, 4) is 5.75 Å². The van der Waals surface area contributed by atoms with Crippen molar-refractivity contribution >= 4 is 5.91 Å². The van der Waals surface area contributed by atoms with E-state index in [9.17, 15) is 4.79 Å². The predicted molar refractivity (Wildman–Crippen MR) is 107 cm³/mol. The molecule has 0 atom stereocenters. The Morgan fingerprint density at radius 2 is 1.96 bits per heavy atom. The van der Waals surface area contributed by atoms with E-state index in [0.29, 0.717) is 18.7 Å². The summed E-state index contributed by atoms with van der Waals surface area (Å²) in [7, 11) is 0. The molecule has 27 heavy (non-hydrogen) atoms. The molecule has 1 aliphatic rings. The highest BCUT2D eigenvalue weighted by Gasteiger charge is 2.27. The zero-order valence-electron chi connectivity index (χ0n) is 16.5. The van der Waals surface area contributed by atoms with Crippen molar-refractivity contribution in [3.63, 3.8) is 0 Å². The molecule has 1 amide bonds. The van der Waals surface area contributed by atoms with Crippen LogP contribution in [0, 0.1) is 19.3 Å². The number of ether oxygens (including phenoxy) is 1. The van der Waals surface area contributed by atoms with E-state index >= 15 is 0 Å². The van der Waals surface area contributed by atoms with Crippen LogP contribution in [0.15, 0.2) is 36.7 Å². The van der Waals surface area contributed by atoms with Crippen molar-refractivity contribution in [2.75, 3.05) is 19.6 Å². The first-order valence-electron chi connectivity index (χ1n) is 9.59. The molecule has 1 aliphatic heterocycles. The second kappa shape index (κ2) is 8.53. The van der Waals surface area contributed by atoms with Crippen LogP contribution in [0.3, 0.4) is 0 Å². The van der Waals surface area contributed by atoms with Gasteiger partial charge in [0.25, 0.3) is 5.91 Å². The minimum Gasteiger partial charge on any atom is -0.488 e. The van der Waals surface area contributed by atoms with E-state index in [4.69, 9.17) is 4.74 Å². The third-order valence-corrected chi connectivity index (χ3v) is 5.31. The zero-order valence-corrected chi connectivity index (χ0v) is 16.5. The summed E-state index contributed by atoms with van der Waals surface area (Å²) in [5.41, 5.74) is 3.83. The number of nitrogens with one attached hydrogen (secondary N) is 2. The van der Waals surface area contributed by atoms with E-state index in [0.717, 1.165) is 48.4 Å². The van der Waals surface area contributed by atoms with Crippen LogP contribution in [-0.2, 0) is 6.61 Å². The summed E-state index contributed by atoms with van der Waals surface area (Å²) >= 11 is 0. The fourth-order valence-electron chi connectivity index (χ4n) is 3.55. The highest BCUT2D eigenvalue weighted by molar-refractivity contribution is 5.94. The van der Waals surface area contributed by atoms with E-state index in [2.05, 4.69) is 22.5 Å². The van der Waals surface area contributed by atoms with Crippen molar-refractivity contribution < 1.29 is 9.53 Å². The van der Waals surface area contributed by atoms with Gasteiger partial charge in [-0.3, -0.25) is 9.78 Å². The molecule has 2 heterocycles. The maximum absolute atomic E-state index is 12.6. The quantitative estimate of drug-likeness (QED) is 0.821. The van der Waals surface area contributed by atoms with Gasteiger partial charge in [-0.2, -0.15) is 0 Å². The van der Waals surface area contributed by atoms with Crippen LogP contribution in [-0.4, -0.2) is 30.5 Å². The van der Waals surface area contributed by atoms with Crippen molar-refractivity contribution in [2.24, 2.45) is 5.41 Å². The third-order valence-electron chi connectivity index (χ3n) is 5.31. The van der Waals surface area contributed by atoms with Gasteiger partial charge in [-0.05, 0) is 74.5 Å². The Morgan fingerprint density at radius 3 is 2.59 bits per heavy atom. The van der Waals surface area contributed by atoms with Crippen molar-refractivity contribution in [2.45, 2.75) is 40.2 Å². The number of pyridine rings is 1. The molecule has 0 spiro atoms. The average Bonchev–Trinajstić information content (AvgIpc) is 2.67. The maximum atomic E-state index is 12.6. The van der Waals surface area contributed by atoms with Gasteiger partial charge in [0, 0.05) is 30.1 Å². The lowest BCUT2D eigenvalue weighted by Crippen LogP contribution is -2.42. The number of aryl methyl sites for hydroxylation is 2. The summed E-state index contributed by atoms with van der Waals surface area (Å²) in [4.78, 5) is 16.8. The number of aromatic nitrogens is 1. The molecule has 1 fully saturated rings. The van der Waals surface area contributed by atoms with E-state index in [1.54, 1.807) is 12.4 Å². The van der Waals surface area contributed by atoms with Gasteiger partial charge in [0.05, 0.1) is 0 Å². The number of amides is 1. The summed E-state index contributed by atoms with van der Waals surface area (Å²) in [5, 5.41) is 6.50. The Morgan fingerprint density at radius 1 is 1.26 bits per heavy atom. The molecule has 0 radical (unpaired) electrons. The lowest BCUT2D eigenvalue weighted by atomic mass is 9.81. The zero-order chi connectivity index (χ0) is 19.3.